The van der Waals surface area contributed by atoms with Crippen LogP contribution < -0.4 is 5.32 Å². The van der Waals surface area contributed by atoms with Gasteiger partial charge >= 0.3 is 0 Å². The molecule has 0 aromatic heterocycles. The van der Waals surface area contributed by atoms with Crippen LogP contribution in [0.4, 0.5) is 0 Å². The maximum absolute atomic E-state index is 12.3. The fourth-order valence-electron chi connectivity index (χ4n) is 2.47. The third-order valence-corrected chi connectivity index (χ3v) is 3.79. The van der Waals surface area contributed by atoms with Crippen LogP contribution in [0.15, 0.2) is 97.1 Å². The van der Waals surface area contributed by atoms with Gasteiger partial charge in [-0.05, 0) is 29.2 Å². The molecule has 0 unspecified atom stereocenters. The van der Waals surface area contributed by atoms with Crippen LogP contribution in [-0.4, -0.2) is 5.78 Å². The smallest absolute Gasteiger partial charge is 0.231 e. The molecule has 0 amide bonds. The lowest BCUT2D eigenvalue weighted by Crippen LogP contribution is -2.13. The Balaban J connectivity index is 1.79. The molecule has 2 nitrogen and oxygen atoms in total. The quantitative estimate of drug-likeness (QED) is 0.551. The average Bonchev–Trinajstić information content (AvgIpc) is 2.72. The normalized spacial score (nSPS) is 10.5. The summed E-state index contributed by atoms with van der Waals surface area (Å²) in [6.07, 6.45) is 1.56. The van der Waals surface area contributed by atoms with Crippen LogP contribution in [0.5, 0.6) is 0 Å². The minimum atomic E-state index is -0.228. The second-order valence-corrected chi connectivity index (χ2v) is 5.74. The summed E-state index contributed by atoms with van der Waals surface area (Å²) in [5.74, 6) is 5.37. The number of allylic oxidation sites excluding steroid dienone is 1. The van der Waals surface area contributed by atoms with Crippen molar-refractivity contribution in [2.45, 2.75) is 6.54 Å². The third-order valence-electron chi connectivity index (χ3n) is 3.79. The zero-order valence-electron chi connectivity index (χ0n) is 14.4. The summed E-state index contributed by atoms with van der Waals surface area (Å²) < 4.78 is 0. The molecule has 0 heterocycles. The lowest BCUT2D eigenvalue weighted by molar-refractivity contribution is -0.109. The van der Waals surface area contributed by atoms with Crippen LogP contribution in [0.1, 0.15) is 16.7 Å². The van der Waals surface area contributed by atoms with Crippen molar-refractivity contribution in [3.8, 4) is 11.8 Å². The third kappa shape index (κ3) is 5.22. The molecule has 0 aliphatic heterocycles. The molecule has 2 heteroatoms. The zero-order chi connectivity index (χ0) is 18.0. The Hall–Kier alpha value is -3.57. The molecule has 3 aromatic rings. The molecular weight excluding hydrogens is 318 g/mol. The minimum absolute atomic E-state index is 0.228. The summed E-state index contributed by atoms with van der Waals surface area (Å²) in [6.45, 7) is 0.640. The first-order chi connectivity index (χ1) is 12.8. The van der Waals surface area contributed by atoms with Crippen molar-refractivity contribution in [1.82, 2.24) is 5.32 Å². The number of hydrogen-bond donors (Lipinski definition) is 1. The van der Waals surface area contributed by atoms with Gasteiger partial charge in [0.25, 0.3) is 0 Å². The van der Waals surface area contributed by atoms with E-state index in [1.165, 1.54) is 0 Å². The molecule has 1 N–H and O–H groups in total. The molecule has 3 aromatic carbocycles. The predicted octanol–water partition coefficient (Wildman–Crippen LogP) is 4.44. The van der Waals surface area contributed by atoms with E-state index in [1.54, 1.807) is 6.08 Å². The van der Waals surface area contributed by atoms with Gasteiger partial charge in [0.15, 0.2) is 0 Å². The van der Waals surface area contributed by atoms with E-state index in [4.69, 9.17) is 0 Å². The van der Waals surface area contributed by atoms with Crippen molar-refractivity contribution in [2.24, 2.45) is 0 Å². The summed E-state index contributed by atoms with van der Waals surface area (Å²) in [5, 5.41) is 3.35. The molecule has 0 saturated carbocycles. The average molecular weight is 337 g/mol. The Kier molecular flexibility index (Phi) is 6.01. The van der Waals surface area contributed by atoms with Gasteiger partial charge in [0.05, 0.1) is 0 Å². The van der Waals surface area contributed by atoms with E-state index in [9.17, 15) is 4.79 Å². The maximum atomic E-state index is 12.3. The fraction of sp³-hybridized carbons (Fsp3) is 0.0417. The molecule has 126 valence electrons. The molecule has 0 fully saturated rings. The molecule has 0 radical (unpaired) electrons. The molecule has 3 rings (SSSR count). The molecular formula is C24H19NO. The highest BCUT2D eigenvalue weighted by Crippen LogP contribution is 2.12. The van der Waals surface area contributed by atoms with Crippen molar-refractivity contribution in [1.29, 1.82) is 0 Å². The lowest BCUT2D eigenvalue weighted by atomic mass is 10.1. The van der Waals surface area contributed by atoms with Crippen LogP contribution in [0, 0.1) is 11.8 Å². The van der Waals surface area contributed by atoms with Gasteiger partial charge in [-0.15, -0.1) is 0 Å². The lowest BCUT2D eigenvalue weighted by Gasteiger charge is -2.11. The van der Waals surface area contributed by atoms with Crippen LogP contribution >= 0.6 is 0 Å². The van der Waals surface area contributed by atoms with Crippen molar-refractivity contribution in [3.05, 3.63) is 114 Å². The number of nitrogens with one attached hydrogen (secondary N) is 1. The Labute approximate surface area is 154 Å². The molecule has 0 saturated heterocycles. The number of benzene rings is 3. The van der Waals surface area contributed by atoms with E-state index in [0.29, 0.717) is 6.54 Å². The van der Waals surface area contributed by atoms with Gasteiger partial charge in [0, 0.05) is 23.9 Å². The van der Waals surface area contributed by atoms with Crippen LogP contribution in [0.3, 0.4) is 0 Å². The number of carbonyl (C=O) groups is 1. The highest BCUT2D eigenvalue weighted by molar-refractivity contribution is 6.08. The highest BCUT2D eigenvalue weighted by Gasteiger charge is 2.03. The van der Waals surface area contributed by atoms with Crippen LogP contribution in [0.25, 0.3) is 5.70 Å². The maximum Gasteiger partial charge on any atom is 0.231 e. The first kappa shape index (κ1) is 17.3. The van der Waals surface area contributed by atoms with E-state index in [-0.39, 0.29) is 5.78 Å². The SMILES string of the molecule is O=C(C#Cc1ccccc1)/C=C(\NCc1ccccc1)c1ccccc1. The van der Waals surface area contributed by atoms with E-state index < -0.39 is 0 Å². The Morgan fingerprint density at radius 2 is 1.38 bits per heavy atom. The fourth-order valence-corrected chi connectivity index (χ4v) is 2.47. The summed E-state index contributed by atoms with van der Waals surface area (Å²) in [4.78, 5) is 12.3. The molecule has 0 bridgehead atoms. The van der Waals surface area contributed by atoms with Gasteiger partial charge in [-0.2, -0.15) is 0 Å². The number of hydrogen-bond acceptors (Lipinski definition) is 2. The Morgan fingerprint density at radius 1 is 0.808 bits per heavy atom. The first-order valence-corrected chi connectivity index (χ1v) is 8.47. The van der Waals surface area contributed by atoms with Gasteiger partial charge in [-0.1, -0.05) is 84.8 Å². The summed E-state index contributed by atoms with van der Waals surface area (Å²) >= 11 is 0. The summed E-state index contributed by atoms with van der Waals surface area (Å²) in [6, 6.07) is 29.4. The number of carbonyl (C=O) groups excluding carboxylic acids is 1. The molecule has 0 aliphatic rings. The van der Waals surface area contributed by atoms with Gasteiger partial charge in [0.2, 0.25) is 5.78 Å². The van der Waals surface area contributed by atoms with Crippen molar-refractivity contribution in [2.75, 3.05) is 0 Å². The first-order valence-electron chi connectivity index (χ1n) is 8.47. The standard InChI is InChI=1S/C24H19NO/c26-23(17-16-20-10-4-1-5-11-20)18-24(22-14-8-3-9-15-22)25-19-21-12-6-2-7-13-21/h1-15,18,25H,19H2/b24-18-. The van der Waals surface area contributed by atoms with E-state index in [0.717, 1.165) is 22.4 Å². The monoisotopic (exact) mass is 337 g/mol. The Bertz CT molecular complexity index is 933. The van der Waals surface area contributed by atoms with Crippen molar-refractivity contribution >= 4 is 11.5 Å². The van der Waals surface area contributed by atoms with Crippen LogP contribution in [0.2, 0.25) is 0 Å². The van der Waals surface area contributed by atoms with Crippen LogP contribution in [-0.2, 0) is 11.3 Å². The molecule has 0 aliphatic carbocycles. The van der Waals surface area contributed by atoms with Gasteiger partial charge in [0.1, 0.15) is 0 Å². The summed E-state index contributed by atoms with van der Waals surface area (Å²) in [5.41, 5.74) is 3.70. The molecule has 26 heavy (non-hydrogen) atoms. The topological polar surface area (TPSA) is 29.1 Å². The summed E-state index contributed by atoms with van der Waals surface area (Å²) in [7, 11) is 0. The second kappa shape index (κ2) is 9.05. The number of ketones is 1. The molecule has 0 atom stereocenters. The zero-order valence-corrected chi connectivity index (χ0v) is 14.4. The largest absolute Gasteiger partial charge is 0.380 e. The van der Waals surface area contributed by atoms with Crippen molar-refractivity contribution < 1.29 is 4.79 Å². The predicted molar refractivity (Wildman–Crippen MR) is 106 cm³/mol. The Morgan fingerprint density at radius 3 is 2.04 bits per heavy atom. The number of rotatable bonds is 5. The van der Waals surface area contributed by atoms with Gasteiger partial charge in [-0.25, -0.2) is 0 Å². The van der Waals surface area contributed by atoms with Crippen molar-refractivity contribution in [3.63, 3.8) is 0 Å². The van der Waals surface area contributed by atoms with Gasteiger partial charge < -0.3 is 5.32 Å². The molecule has 0 spiro atoms. The van der Waals surface area contributed by atoms with E-state index in [2.05, 4.69) is 17.2 Å². The van der Waals surface area contributed by atoms with E-state index in [1.807, 2.05) is 91.0 Å². The highest BCUT2D eigenvalue weighted by atomic mass is 16.1. The van der Waals surface area contributed by atoms with Gasteiger partial charge in [-0.3, -0.25) is 4.79 Å². The minimum Gasteiger partial charge on any atom is -0.380 e. The second-order valence-electron chi connectivity index (χ2n) is 5.74. The van der Waals surface area contributed by atoms with E-state index >= 15 is 0 Å².